The van der Waals surface area contributed by atoms with E-state index in [4.69, 9.17) is 4.74 Å². The second-order valence-corrected chi connectivity index (χ2v) is 5.99. The van der Waals surface area contributed by atoms with Crippen LogP contribution in [0, 0.1) is 6.92 Å². The number of ether oxygens (including phenoxy) is 1. The Morgan fingerprint density at radius 2 is 2.40 bits per heavy atom. The van der Waals surface area contributed by atoms with Gasteiger partial charge in [0.1, 0.15) is 0 Å². The average molecular weight is 275 g/mol. The van der Waals surface area contributed by atoms with Gasteiger partial charge in [0.15, 0.2) is 0 Å². The van der Waals surface area contributed by atoms with Gasteiger partial charge in [0.25, 0.3) is 0 Å². The van der Waals surface area contributed by atoms with E-state index in [2.05, 4.69) is 35.1 Å². The molecule has 2 aliphatic rings. The molecule has 4 nitrogen and oxygen atoms in total. The van der Waals surface area contributed by atoms with E-state index in [1.54, 1.807) is 0 Å². The van der Waals surface area contributed by atoms with Crippen LogP contribution in [-0.4, -0.2) is 48.3 Å². The number of rotatable bonds is 4. The largest absolute Gasteiger partial charge is 0.373 e. The molecule has 0 radical (unpaired) electrons. The summed E-state index contributed by atoms with van der Waals surface area (Å²) in [5, 5.41) is 3.58. The number of hydrogen-bond acceptors (Lipinski definition) is 4. The van der Waals surface area contributed by atoms with Gasteiger partial charge < -0.3 is 10.1 Å². The molecule has 0 saturated carbocycles. The van der Waals surface area contributed by atoms with E-state index in [9.17, 15) is 0 Å². The van der Waals surface area contributed by atoms with Crippen molar-refractivity contribution in [2.75, 3.05) is 26.2 Å². The van der Waals surface area contributed by atoms with Crippen LogP contribution in [0.3, 0.4) is 0 Å². The van der Waals surface area contributed by atoms with Crippen molar-refractivity contribution in [2.45, 2.75) is 44.9 Å². The van der Waals surface area contributed by atoms with Gasteiger partial charge in [0.05, 0.1) is 18.8 Å². The van der Waals surface area contributed by atoms with E-state index in [1.807, 2.05) is 12.4 Å². The molecule has 0 aliphatic carbocycles. The first-order valence-electron chi connectivity index (χ1n) is 7.78. The molecule has 1 N–H and O–H groups in total. The number of pyridine rings is 1. The van der Waals surface area contributed by atoms with Gasteiger partial charge in [-0.05, 0) is 44.0 Å². The first-order chi connectivity index (χ1) is 9.78. The Kier molecular flexibility index (Phi) is 4.34. The molecule has 2 aliphatic heterocycles. The van der Waals surface area contributed by atoms with Crippen LogP contribution >= 0.6 is 0 Å². The SMILES string of the molecule is CCNC(c1cncc(C)c1)C1CN2CCCC2CO1. The predicted octanol–water partition coefficient (Wildman–Crippen LogP) is 1.90. The Hall–Kier alpha value is -0.970. The number of morpholine rings is 1. The number of hydrogen-bond donors (Lipinski definition) is 1. The highest BCUT2D eigenvalue weighted by atomic mass is 16.5. The minimum Gasteiger partial charge on any atom is -0.373 e. The topological polar surface area (TPSA) is 37.4 Å². The van der Waals surface area contributed by atoms with Crippen LogP contribution in [0.1, 0.15) is 36.9 Å². The van der Waals surface area contributed by atoms with E-state index in [1.165, 1.54) is 30.5 Å². The lowest BCUT2D eigenvalue weighted by atomic mass is 9.99. The van der Waals surface area contributed by atoms with Crippen molar-refractivity contribution in [2.24, 2.45) is 0 Å². The van der Waals surface area contributed by atoms with Crippen LogP contribution in [0.2, 0.25) is 0 Å². The molecule has 1 aromatic heterocycles. The van der Waals surface area contributed by atoms with E-state index in [-0.39, 0.29) is 12.1 Å². The maximum Gasteiger partial charge on any atom is 0.0897 e. The first-order valence-corrected chi connectivity index (χ1v) is 7.78. The molecule has 4 heteroatoms. The maximum atomic E-state index is 6.17. The molecular weight excluding hydrogens is 250 g/mol. The van der Waals surface area contributed by atoms with Crippen LogP contribution in [0.25, 0.3) is 0 Å². The van der Waals surface area contributed by atoms with Gasteiger partial charge in [-0.25, -0.2) is 0 Å². The fraction of sp³-hybridized carbons (Fsp3) is 0.688. The van der Waals surface area contributed by atoms with Crippen LogP contribution in [-0.2, 0) is 4.74 Å². The van der Waals surface area contributed by atoms with Crippen molar-refractivity contribution in [3.05, 3.63) is 29.6 Å². The highest BCUT2D eigenvalue weighted by Crippen LogP contribution is 2.28. The molecule has 3 rings (SSSR count). The first kappa shape index (κ1) is 14.0. The summed E-state index contributed by atoms with van der Waals surface area (Å²) < 4.78 is 6.17. The minimum absolute atomic E-state index is 0.230. The van der Waals surface area contributed by atoms with E-state index >= 15 is 0 Å². The molecule has 0 aromatic carbocycles. The number of fused-ring (bicyclic) bond motifs is 1. The molecule has 3 unspecified atom stereocenters. The number of likely N-dealkylation sites (N-methyl/N-ethyl adjacent to an activating group) is 1. The molecular formula is C16H25N3O. The highest BCUT2D eigenvalue weighted by Gasteiger charge is 2.36. The Labute approximate surface area is 121 Å². The van der Waals surface area contributed by atoms with Crippen molar-refractivity contribution in [3.8, 4) is 0 Å². The lowest BCUT2D eigenvalue weighted by Gasteiger charge is -2.39. The molecule has 2 saturated heterocycles. The number of nitrogens with zero attached hydrogens (tertiary/aromatic N) is 2. The predicted molar refractivity (Wildman–Crippen MR) is 79.7 cm³/mol. The van der Waals surface area contributed by atoms with E-state index in [0.717, 1.165) is 19.7 Å². The summed E-state index contributed by atoms with van der Waals surface area (Å²) in [4.78, 5) is 6.94. The van der Waals surface area contributed by atoms with Crippen molar-refractivity contribution >= 4 is 0 Å². The molecule has 110 valence electrons. The molecule has 1 aromatic rings. The molecule has 0 bridgehead atoms. The summed E-state index contributed by atoms with van der Waals surface area (Å²) in [5.74, 6) is 0. The number of aryl methyl sites for hydroxylation is 1. The van der Waals surface area contributed by atoms with Crippen molar-refractivity contribution in [3.63, 3.8) is 0 Å². The fourth-order valence-corrected chi connectivity index (χ4v) is 3.48. The summed E-state index contributed by atoms with van der Waals surface area (Å²) >= 11 is 0. The summed E-state index contributed by atoms with van der Waals surface area (Å²) in [6, 6.07) is 3.12. The Morgan fingerprint density at radius 1 is 1.50 bits per heavy atom. The summed E-state index contributed by atoms with van der Waals surface area (Å²) in [6.07, 6.45) is 6.72. The Bertz CT molecular complexity index is 451. The summed E-state index contributed by atoms with van der Waals surface area (Å²) in [6.45, 7) is 8.34. The summed E-state index contributed by atoms with van der Waals surface area (Å²) in [5.41, 5.74) is 2.45. The fourth-order valence-electron chi connectivity index (χ4n) is 3.48. The zero-order chi connectivity index (χ0) is 13.9. The van der Waals surface area contributed by atoms with Gasteiger partial charge in [0, 0.05) is 25.0 Å². The van der Waals surface area contributed by atoms with E-state index < -0.39 is 0 Å². The molecule has 20 heavy (non-hydrogen) atoms. The zero-order valence-electron chi connectivity index (χ0n) is 12.5. The van der Waals surface area contributed by atoms with Gasteiger partial charge in [-0.3, -0.25) is 9.88 Å². The van der Waals surface area contributed by atoms with Crippen molar-refractivity contribution < 1.29 is 4.74 Å². The molecule has 0 amide bonds. The number of nitrogens with one attached hydrogen (secondary N) is 1. The second kappa shape index (κ2) is 6.20. The van der Waals surface area contributed by atoms with Gasteiger partial charge in [-0.1, -0.05) is 13.0 Å². The average Bonchev–Trinajstić information content (AvgIpc) is 2.92. The molecule has 0 spiro atoms. The third-order valence-corrected chi connectivity index (χ3v) is 4.47. The quantitative estimate of drug-likeness (QED) is 0.911. The van der Waals surface area contributed by atoms with Gasteiger partial charge in [-0.2, -0.15) is 0 Å². The Morgan fingerprint density at radius 3 is 3.20 bits per heavy atom. The van der Waals surface area contributed by atoms with Crippen LogP contribution in [0.4, 0.5) is 0 Å². The normalized spacial score (nSPS) is 28.3. The van der Waals surface area contributed by atoms with Crippen molar-refractivity contribution in [1.29, 1.82) is 0 Å². The molecule has 2 fully saturated rings. The number of aromatic nitrogens is 1. The van der Waals surface area contributed by atoms with E-state index in [0.29, 0.717) is 6.04 Å². The second-order valence-electron chi connectivity index (χ2n) is 5.99. The lowest BCUT2D eigenvalue weighted by molar-refractivity contribution is -0.0651. The van der Waals surface area contributed by atoms with Crippen LogP contribution in [0.5, 0.6) is 0 Å². The summed E-state index contributed by atoms with van der Waals surface area (Å²) in [7, 11) is 0. The maximum absolute atomic E-state index is 6.17. The smallest absolute Gasteiger partial charge is 0.0897 e. The van der Waals surface area contributed by atoms with Gasteiger partial charge >= 0.3 is 0 Å². The molecule has 3 atom stereocenters. The lowest BCUT2D eigenvalue weighted by Crippen LogP contribution is -2.50. The standard InChI is InChI=1S/C16H25N3O/c1-3-18-16(13-7-12(2)8-17-9-13)15-10-19-6-4-5-14(19)11-20-15/h7-9,14-16,18H,3-6,10-11H2,1-2H3. The van der Waals surface area contributed by atoms with Gasteiger partial charge in [0.2, 0.25) is 0 Å². The monoisotopic (exact) mass is 275 g/mol. The van der Waals surface area contributed by atoms with Crippen molar-refractivity contribution in [1.82, 2.24) is 15.2 Å². The van der Waals surface area contributed by atoms with Crippen LogP contribution in [0.15, 0.2) is 18.5 Å². The minimum atomic E-state index is 0.230. The van der Waals surface area contributed by atoms with Gasteiger partial charge in [-0.15, -0.1) is 0 Å². The third kappa shape index (κ3) is 2.87. The Balaban J connectivity index is 1.76. The third-order valence-electron chi connectivity index (χ3n) is 4.47. The zero-order valence-corrected chi connectivity index (χ0v) is 12.5. The van der Waals surface area contributed by atoms with Crippen LogP contribution < -0.4 is 5.32 Å². The highest BCUT2D eigenvalue weighted by molar-refractivity contribution is 5.21. The molecule has 3 heterocycles.